The number of hydrogen-bond donors (Lipinski definition) is 1. The molecular weight excluding hydrogens is 464 g/mol. The summed E-state index contributed by atoms with van der Waals surface area (Å²) in [4.78, 5) is 22.8. The standard InChI is InChI=1S/C30H38N4O3/c1-21-22(2)28-25(23(3)27(21)35)11-12-30(4,37-28)29(36)33-15-8-14-32(17-18-33)20-26-31-13-16-34(26)19-24-9-6-5-7-10-24/h5-7,9-10,13,16,35H,8,11-12,14-15,17-20H2,1-4H3. The van der Waals surface area contributed by atoms with Gasteiger partial charge in [0.25, 0.3) is 5.91 Å². The molecule has 2 aliphatic heterocycles. The van der Waals surface area contributed by atoms with Crippen LogP contribution in [-0.4, -0.2) is 62.1 Å². The van der Waals surface area contributed by atoms with Crippen LogP contribution in [0.4, 0.5) is 0 Å². The summed E-state index contributed by atoms with van der Waals surface area (Å²) in [7, 11) is 0. The lowest BCUT2D eigenvalue weighted by Crippen LogP contribution is -2.53. The number of aromatic hydroxyl groups is 1. The average molecular weight is 503 g/mol. The van der Waals surface area contributed by atoms with Crippen LogP contribution < -0.4 is 4.74 Å². The first-order valence-electron chi connectivity index (χ1n) is 13.3. The molecular formula is C30H38N4O3. The molecule has 1 unspecified atom stereocenters. The quantitative estimate of drug-likeness (QED) is 0.561. The van der Waals surface area contributed by atoms with Crippen molar-refractivity contribution in [2.24, 2.45) is 0 Å². The summed E-state index contributed by atoms with van der Waals surface area (Å²) >= 11 is 0. The van der Waals surface area contributed by atoms with Crippen LogP contribution in [0.2, 0.25) is 0 Å². The molecule has 7 nitrogen and oxygen atoms in total. The summed E-state index contributed by atoms with van der Waals surface area (Å²) in [5, 5.41) is 10.5. The molecule has 1 aromatic heterocycles. The number of aromatic nitrogens is 2. The molecule has 0 spiro atoms. The molecule has 3 aromatic rings. The van der Waals surface area contributed by atoms with Crippen LogP contribution in [0.1, 0.15) is 53.4 Å². The van der Waals surface area contributed by atoms with Crippen molar-refractivity contribution in [3.63, 3.8) is 0 Å². The zero-order valence-corrected chi connectivity index (χ0v) is 22.5. The van der Waals surface area contributed by atoms with E-state index in [1.165, 1.54) is 5.56 Å². The minimum atomic E-state index is -0.894. The van der Waals surface area contributed by atoms with Gasteiger partial charge in [0.1, 0.15) is 17.3 Å². The highest BCUT2D eigenvalue weighted by molar-refractivity contribution is 5.86. The van der Waals surface area contributed by atoms with Gasteiger partial charge in [0, 0.05) is 57.1 Å². The SMILES string of the molecule is Cc1c(C)c2c(c(C)c1O)CCC(C)(C(=O)N1CCCN(Cc3nccn3Cc3ccccc3)CC1)O2. The normalized spacial score (nSPS) is 20.3. The number of rotatable bonds is 5. The number of nitrogens with zero attached hydrogens (tertiary/aromatic N) is 4. The smallest absolute Gasteiger partial charge is 0.266 e. The van der Waals surface area contributed by atoms with Crippen molar-refractivity contribution in [3.05, 3.63) is 76.4 Å². The molecule has 1 fully saturated rings. The molecule has 0 radical (unpaired) electrons. The van der Waals surface area contributed by atoms with Crippen LogP contribution in [0.3, 0.4) is 0 Å². The van der Waals surface area contributed by atoms with Gasteiger partial charge < -0.3 is 19.3 Å². The molecule has 5 rings (SSSR count). The Morgan fingerprint density at radius 1 is 1.03 bits per heavy atom. The molecule has 0 bridgehead atoms. The molecule has 0 saturated carbocycles. The Morgan fingerprint density at radius 2 is 1.81 bits per heavy atom. The largest absolute Gasteiger partial charge is 0.507 e. The molecule has 7 heteroatoms. The Morgan fingerprint density at radius 3 is 2.59 bits per heavy atom. The Bertz CT molecular complexity index is 1290. The first kappa shape index (κ1) is 25.3. The Kier molecular flexibility index (Phi) is 6.99. The lowest BCUT2D eigenvalue weighted by molar-refractivity contribution is -0.148. The average Bonchev–Trinajstić information content (AvgIpc) is 3.20. The van der Waals surface area contributed by atoms with Crippen molar-refractivity contribution in [2.75, 3.05) is 26.2 Å². The van der Waals surface area contributed by atoms with Crippen molar-refractivity contribution in [2.45, 2.75) is 65.6 Å². The first-order chi connectivity index (χ1) is 17.8. The molecule has 1 amide bonds. The number of phenolic OH excluding ortho intramolecular Hbond substituents is 1. The fourth-order valence-corrected chi connectivity index (χ4v) is 5.68. The van der Waals surface area contributed by atoms with Crippen LogP contribution in [0, 0.1) is 20.8 Å². The van der Waals surface area contributed by atoms with Gasteiger partial charge in [-0.25, -0.2) is 4.98 Å². The van der Waals surface area contributed by atoms with Gasteiger partial charge in [-0.05, 0) is 62.8 Å². The first-order valence-corrected chi connectivity index (χ1v) is 13.3. The molecule has 196 valence electrons. The highest BCUT2D eigenvalue weighted by Gasteiger charge is 2.43. The summed E-state index contributed by atoms with van der Waals surface area (Å²) in [5.74, 6) is 2.23. The molecule has 1 atom stereocenters. The number of benzene rings is 2. The second-order valence-corrected chi connectivity index (χ2v) is 10.7. The third-order valence-corrected chi connectivity index (χ3v) is 8.21. The monoisotopic (exact) mass is 502 g/mol. The molecule has 2 aliphatic rings. The van der Waals surface area contributed by atoms with E-state index in [2.05, 4.69) is 38.7 Å². The Hall–Kier alpha value is -3.32. The molecule has 3 heterocycles. The fraction of sp³-hybridized carbons (Fsp3) is 0.467. The van der Waals surface area contributed by atoms with Crippen LogP contribution >= 0.6 is 0 Å². The maximum Gasteiger partial charge on any atom is 0.266 e. The van der Waals surface area contributed by atoms with E-state index >= 15 is 0 Å². The van der Waals surface area contributed by atoms with Gasteiger partial charge in [-0.1, -0.05) is 30.3 Å². The maximum absolute atomic E-state index is 13.8. The summed E-state index contributed by atoms with van der Waals surface area (Å²) in [5.41, 5.74) is 4.00. The van der Waals surface area contributed by atoms with Gasteiger partial charge in [-0.2, -0.15) is 0 Å². The third kappa shape index (κ3) is 4.97. The van der Waals surface area contributed by atoms with E-state index in [0.29, 0.717) is 18.7 Å². The highest BCUT2D eigenvalue weighted by atomic mass is 16.5. The van der Waals surface area contributed by atoms with E-state index in [0.717, 1.165) is 79.4 Å². The summed E-state index contributed by atoms with van der Waals surface area (Å²) in [6.45, 7) is 12.5. The van der Waals surface area contributed by atoms with Crippen molar-refractivity contribution in [3.8, 4) is 11.5 Å². The zero-order chi connectivity index (χ0) is 26.2. The van der Waals surface area contributed by atoms with E-state index in [9.17, 15) is 9.90 Å². The maximum atomic E-state index is 13.8. The number of hydrogen-bond acceptors (Lipinski definition) is 5. The predicted octanol–water partition coefficient (Wildman–Crippen LogP) is 4.38. The molecule has 0 aliphatic carbocycles. The Balaban J connectivity index is 1.24. The lowest BCUT2D eigenvalue weighted by Gasteiger charge is -2.39. The minimum absolute atomic E-state index is 0.0633. The number of fused-ring (bicyclic) bond motifs is 1. The van der Waals surface area contributed by atoms with Crippen molar-refractivity contribution >= 4 is 5.91 Å². The number of carbonyl (C=O) groups excluding carboxylic acids is 1. The summed E-state index contributed by atoms with van der Waals surface area (Å²) in [6, 6.07) is 10.4. The highest BCUT2D eigenvalue weighted by Crippen LogP contribution is 2.43. The van der Waals surface area contributed by atoms with Gasteiger partial charge in [-0.15, -0.1) is 0 Å². The lowest BCUT2D eigenvalue weighted by atomic mass is 9.86. The molecule has 37 heavy (non-hydrogen) atoms. The van der Waals surface area contributed by atoms with Crippen LogP contribution in [0.25, 0.3) is 0 Å². The number of carbonyl (C=O) groups is 1. The number of amides is 1. The van der Waals surface area contributed by atoms with Crippen molar-refractivity contribution in [1.82, 2.24) is 19.4 Å². The van der Waals surface area contributed by atoms with Gasteiger partial charge in [0.15, 0.2) is 5.60 Å². The van der Waals surface area contributed by atoms with E-state index in [-0.39, 0.29) is 5.91 Å². The van der Waals surface area contributed by atoms with E-state index in [1.54, 1.807) is 0 Å². The van der Waals surface area contributed by atoms with Crippen molar-refractivity contribution < 1.29 is 14.6 Å². The van der Waals surface area contributed by atoms with Gasteiger partial charge in [0.2, 0.25) is 0 Å². The van der Waals surface area contributed by atoms with Gasteiger partial charge >= 0.3 is 0 Å². The second kappa shape index (κ2) is 10.2. The topological polar surface area (TPSA) is 70.8 Å². The van der Waals surface area contributed by atoms with E-state index in [4.69, 9.17) is 4.74 Å². The third-order valence-electron chi connectivity index (χ3n) is 8.21. The predicted molar refractivity (Wildman–Crippen MR) is 144 cm³/mol. The van der Waals surface area contributed by atoms with E-state index < -0.39 is 5.60 Å². The van der Waals surface area contributed by atoms with Crippen molar-refractivity contribution in [1.29, 1.82) is 0 Å². The minimum Gasteiger partial charge on any atom is -0.507 e. The molecule has 2 aromatic carbocycles. The molecule has 1 N–H and O–H groups in total. The van der Waals surface area contributed by atoms with Crippen LogP contribution in [-0.2, 0) is 24.3 Å². The zero-order valence-electron chi connectivity index (χ0n) is 22.5. The fourth-order valence-electron chi connectivity index (χ4n) is 5.68. The van der Waals surface area contributed by atoms with Crippen LogP contribution in [0.15, 0.2) is 42.7 Å². The summed E-state index contributed by atoms with van der Waals surface area (Å²) in [6.07, 6.45) is 6.17. The van der Waals surface area contributed by atoms with Gasteiger partial charge in [-0.3, -0.25) is 9.69 Å². The number of imidazole rings is 1. The second-order valence-electron chi connectivity index (χ2n) is 10.7. The van der Waals surface area contributed by atoms with Crippen LogP contribution in [0.5, 0.6) is 11.5 Å². The number of ether oxygens (including phenoxy) is 1. The Labute approximate surface area is 219 Å². The molecule has 1 saturated heterocycles. The van der Waals surface area contributed by atoms with Gasteiger partial charge in [0.05, 0.1) is 6.54 Å². The van der Waals surface area contributed by atoms with E-state index in [1.807, 2.05) is 51.1 Å². The number of phenols is 1. The summed E-state index contributed by atoms with van der Waals surface area (Å²) < 4.78 is 8.69.